The van der Waals surface area contributed by atoms with E-state index in [2.05, 4.69) is 9.97 Å². The molecule has 4 nitrogen and oxygen atoms in total. The highest BCUT2D eigenvalue weighted by Crippen LogP contribution is 2.32. The molecule has 0 atom stereocenters. The third kappa shape index (κ3) is 2.77. The molecule has 0 saturated carbocycles. The molecule has 0 unspecified atom stereocenters. The maximum Gasteiger partial charge on any atom is 0.152 e. The zero-order chi connectivity index (χ0) is 13.1. The summed E-state index contributed by atoms with van der Waals surface area (Å²) in [6, 6.07) is 0. The average molecular weight is 284 g/mol. The standard InChI is InChI=1S/C12H16N2O2S2/c1-7-9(3-5-15)17-11(13-7)12-14-8(2)10(18-12)4-6-16/h15-16H,3-6H2,1-2H3. The van der Waals surface area contributed by atoms with Gasteiger partial charge in [0.1, 0.15) is 0 Å². The molecule has 2 aromatic rings. The molecule has 0 saturated heterocycles. The van der Waals surface area contributed by atoms with E-state index in [0.717, 1.165) is 31.2 Å². The van der Waals surface area contributed by atoms with Gasteiger partial charge in [0.05, 0.1) is 11.4 Å². The van der Waals surface area contributed by atoms with Crippen LogP contribution in [0.3, 0.4) is 0 Å². The van der Waals surface area contributed by atoms with Crippen molar-refractivity contribution in [2.45, 2.75) is 26.7 Å². The molecular formula is C12H16N2O2S2. The van der Waals surface area contributed by atoms with Crippen molar-refractivity contribution in [1.29, 1.82) is 0 Å². The van der Waals surface area contributed by atoms with E-state index < -0.39 is 0 Å². The first-order valence-electron chi connectivity index (χ1n) is 5.80. The van der Waals surface area contributed by atoms with Gasteiger partial charge in [-0.25, -0.2) is 9.97 Å². The van der Waals surface area contributed by atoms with Crippen LogP contribution >= 0.6 is 22.7 Å². The quantitative estimate of drug-likeness (QED) is 0.881. The van der Waals surface area contributed by atoms with Gasteiger partial charge in [0.15, 0.2) is 10.0 Å². The van der Waals surface area contributed by atoms with Crippen molar-refractivity contribution in [1.82, 2.24) is 9.97 Å². The molecule has 2 heterocycles. The van der Waals surface area contributed by atoms with Crippen molar-refractivity contribution >= 4 is 22.7 Å². The Bertz CT molecular complexity index is 486. The second-order valence-electron chi connectivity index (χ2n) is 4.00. The van der Waals surface area contributed by atoms with Crippen LogP contribution in [0.2, 0.25) is 0 Å². The van der Waals surface area contributed by atoms with E-state index in [9.17, 15) is 0 Å². The van der Waals surface area contributed by atoms with Crippen LogP contribution in [0.4, 0.5) is 0 Å². The van der Waals surface area contributed by atoms with E-state index in [1.165, 1.54) is 0 Å². The first-order chi connectivity index (χ1) is 8.65. The topological polar surface area (TPSA) is 66.2 Å². The summed E-state index contributed by atoms with van der Waals surface area (Å²) >= 11 is 3.18. The van der Waals surface area contributed by atoms with Crippen molar-refractivity contribution in [2.75, 3.05) is 13.2 Å². The molecule has 0 radical (unpaired) electrons. The highest BCUT2D eigenvalue weighted by Gasteiger charge is 2.14. The van der Waals surface area contributed by atoms with Gasteiger partial charge in [-0.1, -0.05) is 0 Å². The molecule has 0 amide bonds. The molecule has 0 aliphatic carbocycles. The van der Waals surface area contributed by atoms with Crippen LogP contribution in [0, 0.1) is 13.8 Å². The molecule has 2 rings (SSSR count). The van der Waals surface area contributed by atoms with Crippen LogP contribution in [0.5, 0.6) is 0 Å². The van der Waals surface area contributed by atoms with Crippen molar-refractivity contribution in [2.24, 2.45) is 0 Å². The van der Waals surface area contributed by atoms with Gasteiger partial charge < -0.3 is 10.2 Å². The zero-order valence-electron chi connectivity index (χ0n) is 10.4. The number of aliphatic hydroxyl groups is 2. The third-order valence-corrected chi connectivity index (χ3v) is 5.22. The van der Waals surface area contributed by atoms with E-state index >= 15 is 0 Å². The summed E-state index contributed by atoms with van der Waals surface area (Å²) in [4.78, 5) is 11.2. The first kappa shape index (κ1) is 13.6. The van der Waals surface area contributed by atoms with Crippen molar-refractivity contribution in [3.63, 3.8) is 0 Å². The van der Waals surface area contributed by atoms with E-state index in [-0.39, 0.29) is 13.2 Å². The van der Waals surface area contributed by atoms with Gasteiger partial charge in [0, 0.05) is 35.8 Å². The Labute approximate surface area is 114 Å². The van der Waals surface area contributed by atoms with Crippen LogP contribution in [0.15, 0.2) is 0 Å². The van der Waals surface area contributed by atoms with Crippen LogP contribution in [-0.4, -0.2) is 33.4 Å². The van der Waals surface area contributed by atoms with Crippen molar-refractivity contribution < 1.29 is 10.2 Å². The molecule has 0 spiro atoms. The number of hydrogen-bond acceptors (Lipinski definition) is 6. The Hall–Kier alpha value is -0.820. The molecule has 2 aromatic heterocycles. The van der Waals surface area contributed by atoms with Crippen molar-refractivity contribution in [3.05, 3.63) is 21.1 Å². The summed E-state index contributed by atoms with van der Waals surface area (Å²) in [6.45, 7) is 4.21. The monoisotopic (exact) mass is 284 g/mol. The Morgan fingerprint density at radius 2 is 1.22 bits per heavy atom. The second-order valence-corrected chi connectivity index (χ2v) is 6.17. The fourth-order valence-electron chi connectivity index (χ4n) is 1.71. The summed E-state index contributed by atoms with van der Waals surface area (Å²) in [5.74, 6) is 0. The lowest BCUT2D eigenvalue weighted by molar-refractivity contribution is 0.300. The summed E-state index contributed by atoms with van der Waals surface area (Å²) in [5, 5.41) is 19.8. The summed E-state index contributed by atoms with van der Waals surface area (Å²) < 4.78 is 0. The van der Waals surface area contributed by atoms with E-state index in [4.69, 9.17) is 10.2 Å². The van der Waals surface area contributed by atoms with Crippen LogP contribution in [-0.2, 0) is 12.8 Å². The number of hydrogen-bond donors (Lipinski definition) is 2. The largest absolute Gasteiger partial charge is 0.396 e. The van der Waals surface area contributed by atoms with Gasteiger partial charge in [-0.2, -0.15) is 0 Å². The number of aliphatic hydroxyl groups excluding tert-OH is 2. The van der Waals surface area contributed by atoms with E-state index in [1.807, 2.05) is 13.8 Å². The molecule has 0 bridgehead atoms. The minimum absolute atomic E-state index is 0.148. The summed E-state index contributed by atoms with van der Waals surface area (Å²) in [7, 11) is 0. The minimum Gasteiger partial charge on any atom is -0.396 e. The molecule has 18 heavy (non-hydrogen) atoms. The number of nitrogens with zero attached hydrogens (tertiary/aromatic N) is 2. The highest BCUT2D eigenvalue weighted by molar-refractivity contribution is 7.21. The molecule has 6 heteroatoms. The Kier molecular flexibility index (Phi) is 4.45. The minimum atomic E-state index is 0.148. The van der Waals surface area contributed by atoms with E-state index in [1.54, 1.807) is 22.7 Å². The second kappa shape index (κ2) is 5.88. The van der Waals surface area contributed by atoms with Crippen LogP contribution < -0.4 is 0 Å². The van der Waals surface area contributed by atoms with Gasteiger partial charge in [-0.05, 0) is 13.8 Å². The van der Waals surface area contributed by atoms with Gasteiger partial charge in [-0.15, -0.1) is 22.7 Å². The van der Waals surface area contributed by atoms with Gasteiger partial charge in [0.25, 0.3) is 0 Å². The third-order valence-electron chi connectivity index (χ3n) is 2.65. The average Bonchev–Trinajstić information content (AvgIpc) is 2.86. The maximum atomic E-state index is 8.98. The lowest BCUT2D eigenvalue weighted by Gasteiger charge is -1.90. The molecule has 0 aliphatic rings. The van der Waals surface area contributed by atoms with Crippen LogP contribution in [0.25, 0.3) is 10.0 Å². The predicted molar refractivity (Wildman–Crippen MR) is 74.3 cm³/mol. The van der Waals surface area contributed by atoms with E-state index in [0.29, 0.717) is 12.8 Å². The first-order valence-corrected chi connectivity index (χ1v) is 7.43. The maximum absolute atomic E-state index is 8.98. The SMILES string of the molecule is Cc1nc(-c2nc(C)c(CCO)s2)sc1CCO. The molecule has 2 N–H and O–H groups in total. The fraction of sp³-hybridized carbons (Fsp3) is 0.500. The predicted octanol–water partition coefficient (Wildman–Crippen LogP) is 1.95. The molecule has 0 aromatic carbocycles. The van der Waals surface area contributed by atoms with Gasteiger partial charge in [-0.3, -0.25) is 0 Å². The Morgan fingerprint density at radius 1 is 0.833 bits per heavy atom. The van der Waals surface area contributed by atoms with Gasteiger partial charge >= 0.3 is 0 Å². The molecule has 0 aliphatic heterocycles. The Balaban J connectivity index is 2.30. The zero-order valence-corrected chi connectivity index (χ0v) is 12.1. The molecule has 0 fully saturated rings. The lowest BCUT2D eigenvalue weighted by Crippen LogP contribution is -1.88. The summed E-state index contributed by atoms with van der Waals surface area (Å²) in [5.41, 5.74) is 1.95. The normalized spacial score (nSPS) is 11.1. The summed E-state index contributed by atoms with van der Waals surface area (Å²) in [6.07, 6.45) is 1.30. The van der Waals surface area contributed by atoms with Crippen LogP contribution in [0.1, 0.15) is 21.1 Å². The highest BCUT2D eigenvalue weighted by atomic mass is 32.1. The number of aromatic nitrogens is 2. The van der Waals surface area contributed by atoms with Gasteiger partial charge in [0.2, 0.25) is 0 Å². The van der Waals surface area contributed by atoms with Crippen molar-refractivity contribution in [3.8, 4) is 10.0 Å². The number of aryl methyl sites for hydroxylation is 2. The molecule has 98 valence electrons. The fourth-order valence-corrected chi connectivity index (χ4v) is 3.83. The lowest BCUT2D eigenvalue weighted by atomic mass is 10.3. The number of thiazole rings is 2. The number of rotatable bonds is 5. The molecular weight excluding hydrogens is 268 g/mol. The Morgan fingerprint density at radius 3 is 1.56 bits per heavy atom. The smallest absolute Gasteiger partial charge is 0.152 e.